The molecule has 1 atom stereocenters. The molecule has 0 bridgehead atoms. The average Bonchev–Trinajstić information content (AvgIpc) is 3.31. The van der Waals surface area contributed by atoms with E-state index in [9.17, 15) is 4.79 Å². The largest absolute Gasteiger partial charge is 0.350 e. The van der Waals surface area contributed by atoms with Gasteiger partial charge < -0.3 is 15.6 Å². The molecule has 0 saturated heterocycles. The maximum absolute atomic E-state index is 12.5. The number of rotatable bonds is 5. The van der Waals surface area contributed by atoms with Crippen LogP contribution >= 0.6 is 12.4 Å². The Labute approximate surface area is 149 Å². The Bertz CT molecular complexity index is 734. The molecule has 1 aliphatic rings. The number of carbonyl (C=O) groups excluding carboxylic acids is 1. The van der Waals surface area contributed by atoms with Crippen molar-refractivity contribution >= 4 is 18.3 Å². The molecule has 1 aromatic heterocycles. The van der Waals surface area contributed by atoms with E-state index >= 15 is 0 Å². The lowest BCUT2D eigenvalue weighted by atomic mass is 10.2. The number of nitrogens with two attached hydrogens (primary N) is 1. The van der Waals surface area contributed by atoms with Gasteiger partial charge in [0.2, 0.25) is 0 Å². The SMILES string of the molecule is Cc1cccc(-n2c(C)cc(C(=O)NCC(N)C3CC3)c2C)c1.Cl. The van der Waals surface area contributed by atoms with Crippen LogP contribution in [0.1, 0.15) is 40.2 Å². The van der Waals surface area contributed by atoms with Crippen molar-refractivity contribution in [3.8, 4) is 5.69 Å². The number of benzene rings is 1. The molecule has 3 N–H and O–H groups in total. The highest BCUT2D eigenvalue weighted by Gasteiger charge is 2.28. The lowest BCUT2D eigenvalue weighted by molar-refractivity contribution is 0.0949. The summed E-state index contributed by atoms with van der Waals surface area (Å²) in [5.74, 6) is 0.558. The summed E-state index contributed by atoms with van der Waals surface area (Å²) in [6, 6.07) is 10.3. The first-order valence-corrected chi connectivity index (χ1v) is 8.27. The van der Waals surface area contributed by atoms with E-state index in [1.165, 1.54) is 18.4 Å². The zero-order chi connectivity index (χ0) is 16.6. The Kier molecular flexibility index (Phi) is 5.73. The summed E-state index contributed by atoms with van der Waals surface area (Å²) in [5, 5.41) is 2.99. The van der Waals surface area contributed by atoms with Gasteiger partial charge in [-0.25, -0.2) is 0 Å². The Balaban J connectivity index is 0.00000208. The molecule has 1 aliphatic carbocycles. The molecule has 5 heteroatoms. The minimum absolute atomic E-state index is 0. The van der Waals surface area contributed by atoms with Crippen LogP contribution in [0.5, 0.6) is 0 Å². The monoisotopic (exact) mass is 347 g/mol. The zero-order valence-electron chi connectivity index (χ0n) is 14.5. The molecule has 130 valence electrons. The predicted molar refractivity (Wildman–Crippen MR) is 100 cm³/mol. The molecule has 1 unspecified atom stereocenters. The van der Waals surface area contributed by atoms with Gasteiger partial charge in [0.1, 0.15) is 0 Å². The molecule has 1 amide bonds. The van der Waals surface area contributed by atoms with E-state index in [1.807, 2.05) is 26.0 Å². The summed E-state index contributed by atoms with van der Waals surface area (Å²) in [4.78, 5) is 12.5. The van der Waals surface area contributed by atoms with Crippen LogP contribution in [0.2, 0.25) is 0 Å². The van der Waals surface area contributed by atoms with Crippen molar-refractivity contribution < 1.29 is 4.79 Å². The van der Waals surface area contributed by atoms with Crippen molar-refractivity contribution in [3.05, 3.63) is 52.8 Å². The third-order valence-corrected chi connectivity index (χ3v) is 4.66. The van der Waals surface area contributed by atoms with Gasteiger partial charge in [0.25, 0.3) is 5.91 Å². The lowest BCUT2D eigenvalue weighted by Crippen LogP contribution is -2.38. The fourth-order valence-corrected chi connectivity index (χ4v) is 3.15. The van der Waals surface area contributed by atoms with Gasteiger partial charge in [-0.15, -0.1) is 12.4 Å². The molecule has 0 aliphatic heterocycles. The third kappa shape index (κ3) is 3.82. The van der Waals surface area contributed by atoms with Gasteiger partial charge in [-0.1, -0.05) is 12.1 Å². The van der Waals surface area contributed by atoms with Crippen molar-refractivity contribution in [2.45, 2.75) is 39.7 Å². The fraction of sp³-hybridized carbons (Fsp3) is 0.421. The summed E-state index contributed by atoms with van der Waals surface area (Å²) in [6.07, 6.45) is 2.39. The van der Waals surface area contributed by atoms with Crippen molar-refractivity contribution in [3.63, 3.8) is 0 Å². The standard InChI is InChI=1S/C19H25N3O.ClH/c1-12-5-4-6-16(9-12)22-13(2)10-17(14(22)3)19(23)21-11-18(20)15-7-8-15;/h4-6,9-10,15,18H,7-8,11,20H2,1-3H3,(H,21,23);1H. The summed E-state index contributed by atoms with van der Waals surface area (Å²) >= 11 is 0. The highest BCUT2D eigenvalue weighted by Crippen LogP contribution is 2.31. The highest BCUT2D eigenvalue weighted by molar-refractivity contribution is 5.96. The van der Waals surface area contributed by atoms with Gasteiger partial charge in [-0.05, 0) is 63.3 Å². The number of hydrogen-bond donors (Lipinski definition) is 2. The van der Waals surface area contributed by atoms with E-state index in [-0.39, 0.29) is 24.4 Å². The Morgan fingerprint density at radius 1 is 1.29 bits per heavy atom. The molecule has 2 aromatic rings. The second-order valence-electron chi connectivity index (χ2n) is 6.67. The molecule has 1 aromatic carbocycles. The van der Waals surface area contributed by atoms with Crippen molar-refractivity contribution in [2.75, 3.05) is 6.54 Å². The summed E-state index contributed by atoms with van der Waals surface area (Å²) in [5.41, 5.74) is 11.1. The number of halogens is 1. The molecule has 1 fully saturated rings. The van der Waals surface area contributed by atoms with Crippen LogP contribution in [0.15, 0.2) is 30.3 Å². The Morgan fingerprint density at radius 3 is 2.62 bits per heavy atom. The van der Waals surface area contributed by atoms with Gasteiger partial charge in [0.05, 0.1) is 5.56 Å². The van der Waals surface area contributed by atoms with Crippen LogP contribution in [0.3, 0.4) is 0 Å². The topological polar surface area (TPSA) is 60.0 Å². The average molecular weight is 348 g/mol. The maximum atomic E-state index is 12.5. The second kappa shape index (κ2) is 7.41. The smallest absolute Gasteiger partial charge is 0.253 e. The molecular weight excluding hydrogens is 322 g/mol. The van der Waals surface area contributed by atoms with Crippen molar-refractivity contribution in [1.82, 2.24) is 9.88 Å². The van der Waals surface area contributed by atoms with Crippen molar-refractivity contribution in [2.24, 2.45) is 11.7 Å². The normalized spacial score (nSPS) is 14.8. The molecule has 3 rings (SSSR count). The number of nitrogens with one attached hydrogen (secondary N) is 1. The molecule has 4 nitrogen and oxygen atoms in total. The van der Waals surface area contributed by atoms with E-state index in [1.54, 1.807) is 0 Å². The van der Waals surface area contributed by atoms with Gasteiger partial charge >= 0.3 is 0 Å². The number of hydrogen-bond acceptors (Lipinski definition) is 2. The maximum Gasteiger partial charge on any atom is 0.253 e. The summed E-state index contributed by atoms with van der Waals surface area (Å²) < 4.78 is 2.13. The second-order valence-corrected chi connectivity index (χ2v) is 6.67. The molecule has 1 saturated carbocycles. The quantitative estimate of drug-likeness (QED) is 0.871. The fourth-order valence-electron chi connectivity index (χ4n) is 3.15. The van der Waals surface area contributed by atoms with E-state index in [4.69, 9.17) is 5.73 Å². The van der Waals surface area contributed by atoms with Crippen LogP contribution in [0.4, 0.5) is 0 Å². The van der Waals surface area contributed by atoms with Gasteiger partial charge in [-0.3, -0.25) is 4.79 Å². The number of nitrogens with zero attached hydrogens (tertiary/aromatic N) is 1. The summed E-state index contributed by atoms with van der Waals surface area (Å²) in [6.45, 7) is 6.65. The van der Waals surface area contributed by atoms with E-state index < -0.39 is 0 Å². The number of amides is 1. The Morgan fingerprint density at radius 2 is 2.00 bits per heavy atom. The molecule has 0 spiro atoms. The number of aromatic nitrogens is 1. The molecular formula is C19H26ClN3O. The molecule has 24 heavy (non-hydrogen) atoms. The van der Waals surface area contributed by atoms with Crippen LogP contribution in [0, 0.1) is 26.7 Å². The molecule has 1 heterocycles. The first-order chi connectivity index (χ1) is 11.0. The van der Waals surface area contributed by atoms with Crippen molar-refractivity contribution in [1.29, 1.82) is 0 Å². The highest BCUT2D eigenvalue weighted by atomic mass is 35.5. The van der Waals surface area contributed by atoms with E-state index in [0.29, 0.717) is 12.5 Å². The number of aryl methyl sites for hydroxylation is 2. The van der Waals surface area contributed by atoms with Gasteiger partial charge in [0, 0.05) is 29.7 Å². The van der Waals surface area contributed by atoms with E-state index in [2.05, 4.69) is 35.0 Å². The van der Waals surface area contributed by atoms with Gasteiger partial charge in [-0.2, -0.15) is 0 Å². The van der Waals surface area contributed by atoms with Crippen LogP contribution in [0.25, 0.3) is 5.69 Å². The summed E-state index contributed by atoms with van der Waals surface area (Å²) in [7, 11) is 0. The van der Waals surface area contributed by atoms with E-state index in [0.717, 1.165) is 22.6 Å². The lowest BCUT2D eigenvalue weighted by Gasteiger charge is -2.12. The third-order valence-electron chi connectivity index (χ3n) is 4.66. The van der Waals surface area contributed by atoms with Crippen LogP contribution in [-0.2, 0) is 0 Å². The number of carbonyl (C=O) groups is 1. The predicted octanol–water partition coefficient (Wildman–Crippen LogP) is 3.29. The van der Waals surface area contributed by atoms with Gasteiger partial charge in [0.15, 0.2) is 0 Å². The first-order valence-electron chi connectivity index (χ1n) is 8.27. The zero-order valence-corrected chi connectivity index (χ0v) is 15.3. The molecule has 0 radical (unpaired) electrons. The first kappa shape index (κ1) is 18.6. The van der Waals surface area contributed by atoms with Crippen LogP contribution < -0.4 is 11.1 Å². The van der Waals surface area contributed by atoms with Crippen LogP contribution in [-0.4, -0.2) is 23.1 Å². The Hall–Kier alpha value is -1.78. The minimum atomic E-state index is -0.0342. The minimum Gasteiger partial charge on any atom is -0.350 e.